The minimum atomic E-state index is -4.90. The third-order valence-electron chi connectivity index (χ3n) is 6.40. The van der Waals surface area contributed by atoms with Crippen LogP contribution >= 0.6 is 7.60 Å². The Balaban J connectivity index is 1.47. The van der Waals surface area contributed by atoms with Crippen LogP contribution in [-0.4, -0.2) is 65.0 Å². The van der Waals surface area contributed by atoms with E-state index in [1.165, 1.54) is 30.8 Å². The van der Waals surface area contributed by atoms with Gasteiger partial charge in [-0.2, -0.15) is 0 Å². The lowest BCUT2D eigenvalue weighted by atomic mass is 10.2. The summed E-state index contributed by atoms with van der Waals surface area (Å²) in [5.41, 5.74) is -2.17. The minimum Gasteiger partial charge on any atom is -0.394 e. The highest BCUT2D eigenvalue weighted by Crippen LogP contribution is 2.62. The summed E-state index contributed by atoms with van der Waals surface area (Å²) in [6, 6.07) is 0. The summed E-state index contributed by atoms with van der Waals surface area (Å²) in [5.74, 6) is 0. The zero-order valence-corrected chi connectivity index (χ0v) is 20.3. The lowest BCUT2D eigenvalue weighted by molar-refractivity contribution is -0.0659. The Kier molecular flexibility index (Phi) is 7.09. The quantitative estimate of drug-likeness (QED) is 0.261. The second kappa shape index (κ2) is 9.67. The van der Waals surface area contributed by atoms with E-state index in [-0.39, 0.29) is 5.56 Å². The minimum absolute atomic E-state index is 0.169. The van der Waals surface area contributed by atoms with E-state index in [4.69, 9.17) is 14.0 Å². The van der Waals surface area contributed by atoms with E-state index >= 15 is 0 Å². The molecule has 2 aliphatic rings. The Morgan fingerprint density at radius 2 is 1.58 bits per heavy atom. The zero-order valence-electron chi connectivity index (χ0n) is 19.4. The highest BCUT2D eigenvalue weighted by Gasteiger charge is 2.60. The van der Waals surface area contributed by atoms with E-state index in [0.29, 0.717) is 18.4 Å². The van der Waals surface area contributed by atoms with Gasteiger partial charge in [0.15, 0.2) is 5.34 Å². The number of hydrogen-bond donors (Lipinski definition) is 5. The van der Waals surface area contributed by atoms with Crippen molar-refractivity contribution in [2.24, 2.45) is 0 Å². The number of aromatic nitrogens is 4. The van der Waals surface area contributed by atoms with Crippen molar-refractivity contribution in [1.29, 1.82) is 0 Å². The van der Waals surface area contributed by atoms with E-state index in [1.807, 2.05) is 0 Å². The molecule has 2 aromatic heterocycles. The summed E-state index contributed by atoms with van der Waals surface area (Å²) in [7, 11) is -4.90. The van der Waals surface area contributed by atoms with Gasteiger partial charge in [-0.3, -0.25) is 33.3 Å². The topological polar surface area (TPSA) is 215 Å². The smallest absolute Gasteiger partial charge is 0.362 e. The second-order valence-electron chi connectivity index (χ2n) is 8.91. The molecule has 36 heavy (non-hydrogen) atoms. The van der Waals surface area contributed by atoms with Crippen LogP contribution in [0.25, 0.3) is 0 Å². The normalized spacial score (nSPS) is 29.9. The molecule has 0 aliphatic carbocycles. The Labute approximate surface area is 202 Å². The standard InChI is InChI=1S/C20H27N4O11P/c1-10-6-23(18(28)21-16(10)26)14-4-3-12(34-14)9-33-36(31,32)20(30)5-15(35-13(20)8-25)24-7-11(2)17(27)22-19(24)29/h6-7,12-15,25,30H,3-5,8-9H2,1-2H3,(H,31,32)(H,21,26,28)(H,22,27,29)/t12-,13+,14+,15+,20+/m0/s1. The maximum atomic E-state index is 13.1. The number of rotatable bonds is 7. The first kappa shape index (κ1) is 26.4. The molecule has 4 heterocycles. The molecular weight excluding hydrogens is 503 g/mol. The zero-order chi connectivity index (χ0) is 26.4. The molecule has 2 aliphatic heterocycles. The van der Waals surface area contributed by atoms with Crippen LogP contribution in [-0.2, 0) is 18.6 Å². The SMILES string of the molecule is Cc1cn([C@H]2CC[C@@H](COP(=O)(O)[C@]3(O)C[C@H](n4cc(C)c(=O)[nH]c4=O)O[C@@H]3CO)O2)c(=O)[nH]c1=O. The van der Waals surface area contributed by atoms with Gasteiger partial charge in [0, 0.05) is 29.9 Å². The van der Waals surface area contributed by atoms with E-state index in [1.54, 1.807) is 0 Å². The van der Waals surface area contributed by atoms with E-state index in [0.717, 1.165) is 4.57 Å². The predicted octanol–water partition coefficient (Wildman–Crippen LogP) is -1.45. The first-order valence-corrected chi connectivity index (χ1v) is 12.7. The van der Waals surface area contributed by atoms with Crippen LogP contribution in [0.4, 0.5) is 0 Å². The molecule has 0 amide bonds. The summed E-state index contributed by atoms with van der Waals surface area (Å²) in [6.45, 7) is 1.69. The van der Waals surface area contributed by atoms with Crippen LogP contribution < -0.4 is 22.5 Å². The van der Waals surface area contributed by atoms with Crippen molar-refractivity contribution >= 4 is 7.60 Å². The van der Waals surface area contributed by atoms with Crippen molar-refractivity contribution in [2.45, 2.75) is 63.1 Å². The number of H-pyrrole nitrogens is 2. The average molecular weight is 530 g/mol. The molecule has 5 N–H and O–H groups in total. The lowest BCUT2D eigenvalue weighted by Gasteiger charge is -2.31. The largest absolute Gasteiger partial charge is 0.394 e. The maximum absolute atomic E-state index is 13.1. The summed E-state index contributed by atoms with van der Waals surface area (Å²) < 4.78 is 31.7. The van der Waals surface area contributed by atoms with Gasteiger partial charge in [-0.25, -0.2) is 9.59 Å². The van der Waals surface area contributed by atoms with Crippen molar-refractivity contribution in [3.8, 4) is 0 Å². The first-order chi connectivity index (χ1) is 16.9. The van der Waals surface area contributed by atoms with Crippen molar-refractivity contribution in [2.75, 3.05) is 13.2 Å². The van der Waals surface area contributed by atoms with Gasteiger partial charge in [0.2, 0.25) is 0 Å². The Morgan fingerprint density at radius 3 is 2.14 bits per heavy atom. The second-order valence-corrected chi connectivity index (χ2v) is 11.0. The number of nitrogens with one attached hydrogen (secondary N) is 2. The molecule has 198 valence electrons. The molecule has 6 atom stereocenters. The highest BCUT2D eigenvalue weighted by molar-refractivity contribution is 7.54. The number of aromatic amines is 2. The number of hydrogen-bond acceptors (Lipinski definition) is 10. The van der Waals surface area contributed by atoms with Gasteiger partial charge >= 0.3 is 19.0 Å². The molecule has 2 fully saturated rings. The van der Waals surface area contributed by atoms with Crippen LogP contribution in [0.3, 0.4) is 0 Å². The molecular formula is C20H27N4O11P. The molecule has 15 nitrogen and oxygen atoms in total. The monoisotopic (exact) mass is 530 g/mol. The third-order valence-corrected chi connectivity index (χ3v) is 8.35. The fourth-order valence-corrected chi connectivity index (χ4v) is 5.78. The van der Waals surface area contributed by atoms with Gasteiger partial charge in [0.1, 0.15) is 18.6 Å². The fourth-order valence-electron chi connectivity index (χ4n) is 4.30. The van der Waals surface area contributed by atoms with Crippen molar-refractivity contribution in [3.05, 3.63) is 65.2 Å². The van der Waals surface area contributed by atoms with E-state index in [2.05, 4.69) is 9.97 Å². The number of aliphatic hydroxyl groups is 2. The maximum Gasteiger partial charge on any atom is 0.362 e. The summed E-state index contributed by atoms with van der Waals surface area (Å²) >= 11 is 0. The summed E-state index contributed by atoms with van der Waals surface area (Å²) in [4.78, 5) is 62.4. The molecule has 1 unspecified atom stereocenters. The van der Waals surface area contributed by atoms with Gasteiger partial charge in [0.25, 0.3) is 11.1 Å². The van der Waals surface area contributed by atoms with Gasteiger partial charge in [-0.15, -0.1) is 0 Å². The van der Waals surface area contributed by atoms with Crippen LogP contribution in [0, 0.1) is 13.8 Å². The van der Waals surface area contributed by atoms with E-state index in [9.17, 15) is 38.8 Å². The van der Waals surface area contributed by atoms with Crippen molar-refractivity contribution in [3.63, 3.8) is 0 Å². The van der Waals surface area contributed by atoms with Gasteiger partial charge in [-0.05, 0) is 26.7 Å². The van der Waals surface area contributed by atoms with Crippen molar-refractivity contribution < 1.29 is 33.7 Å². The van der Waals surface area contributed by atoms with Crippen LogP contribution in [0.15, 0.2) is 31.6 Å². The van der Waals surface area contributed by atoms with E-state index < -0.39 is 79.7 Å². The molecule has 0 radical (unpaired) electrons. The molecule has 2 saturated heterocycles. The molecule has 0 saturated carbocycles. The van der Waals surface area contributed by atoms with Gasteiger partial charge in [-0.1, -0.05) is 0 Å². The Hall–Kier alpha value is -2.65. The number of aryl methyl sites for hydroxylation is 2. The highest BCUT2D eigenvalue weighted by atomic mass is 31.2. The molecule has 0 aromatic carbocycles. The average Bonchev–Trinajstić information content (AvgIpc) is 3.42. The Morgan fingerprint density at radius 1 is 1.03 bits per heavy atom. The number of nitrogens with zero attached hydrogens (tertiary/aromatic N) is 2. The third kappa shape index (κ3) is 4.70. The van der Waals surface area contributed by atoms with Gasteiger partial charge in [0.05, 0.1) is 19.3 Å². The Bertz CT molecular complexity index is 1430. The fraction of sp³-hybridized carbons (Fsp3) is 0.600. The molecule has 0 bridgehead atoms. The van der Waals surface area contributed by atoms with Gasteiger partial charge < -0.3 is 29.1 Å². The van der Waals surface area contributed by atoms with Crippen LogP contribution in [0.5, 0.6) is 0 Å². The van der Waals surface area contributed by atoms with Crippen LogP contribution in [0.2, 0.25) is 0 Å². The van der Waals surface area contributed by atoms with Crippen LogP contribution in [0.1, 0.15) is 42.8 Å². The molecule has 4 rings (SSSR count). The number of ether oxygens (including phenoxy) is 2. The first-order valence-electron chi connectivity index (χ1n) is 11.1. The molecule has 2 aromatic rings. The molecule has 0 spiro atoms. The molecule has 16 heteroatoms. The number of aliphatic hydroxyl groups excluding tert-OH is 1. The predicted molar refractivity (Wildman–Crippen MR) is 122 cm³/mol. The lowest BCUT2D eigenvalue weighted by Crippen LogP contribution is -2.41. The summed E-state index contributed by atoms with van der Waals surface area (Å²) in [6.07, 6.45) is -1.62. The summed E-state index contributed by atoms with van der Waals surface area (Å²) in [5, 5.41) is 18.2. The van der Waals surface area contributed by atoms with Crippen molar-refractivity contribution in [1.82, 2.24) is 19.1 Å².